The molecule has 2 aromatic rings. The van der Waals surface area contributed by atoms with Crippen LogP contribution < -0.4 is 5.32 Å². The molecule has 0 saturated heterocycles. The van der Waals surface area contributed by atoms with E-state index in [1.807, 2.05) is 12.3 Å². The molecule has 0 fully saturated rings. The zero-order valence-electron chi connectivity index (χ0n) is 11.6. The molecule has 1 aromatic heterocycles. The van der Waals surface area contributed by atoms with E-state index >= 15 is 0 Å². The van der Waals surface area contributed by atoms with Crippen molar-refractivity contribution in [1.29, 1.82) is 0 Å². The molecule has 1 atom stereocenters. The highest BCUT2D eigenvalue weighted by atomic mass is 32.1. The molecular formula is C15H18F2N2S. The molecule has 1 heterocycles. The van der Waals surface area contributed by atoms with E-state index in [2.05, 4.69) is 10.3 Å². The number of nitrogens with zero attached hydrogens (tertiary/aromatic N) is 1. The third-order valence-corrected chi connectivity index (χ3v) is 3.97. The van der Waals surface area contributed by atoms with Crippen molar-refractivity contribution in [2.45, 2.75) is 32.7 Å². The highest BCUT2D eigenvalue weighted by molar-refractivity contribution is 7.09. The molecule has 5 heteroatoms. The van der Waals surface area contributed by atoms with Gasteiger partial charge in [0.25, 0.3) is 0 Å². The highest BCUT2D eigenvalue weighted by Crippen LogP contribution is 2.26. The minimum atomic E-state index is -0.502. The fourth-order valence-electron chi connectivity index (χ4n) is 2.12. The van der Waals surface area contributed by atoms with Gasteiger partial charge in [-0.2, -0.15) is 0 Å². The van der Waals surface area contributed by atoms with Crippen molar-refractivity contribution in [2.75, 3.05) is 6.54 Å². The number of benzene rings is 1. The summed E-state index contributed by atoms with van der Waals surface area (Å²) in [5, 5.41) is 5.96. The van der Waals surface area contributed by atoms with Crippen LogP contribution in [0.2, 0.25) is 0 Å². The third-order valence-electron chi connectivity index (χ3n) is 3.17. The predicted octanol–water partition coefficient (Wildman–Crippen LogP) is 4.01. The Morgan fingerprint density at radius 3 is 2.80 bits per heavy atom. The van der Waals surface area contributed by atoms with E-state index in [4.69, 9.17) is 0 Å². The van der Waals surface area contributed by atoms with Crippen molar-refractivity contribution >= 4 is 11.3 Å². The van der Waals surface area contributed by atoms with E-state index in [1.54, 1.807) is 13.1 Å². The monoisotopic (exact) mass is 296 g/mol. The normalized spacial score (nSPS) is 12.6. The van der Waals surface area contributed by atoms with Crippen LogP contribution in [0.25, 0.3) is 0 Å². The average Bonchev–Trinajstić information content (AvgIpc) is 2.93. The SMILES string of the molecule is CCCNC(Cc1nccs1)c1c(F)ccc(C)c1F. The molecule has 2 rings (SSSR count). The van der Waals surface area contributed by atoms with Crippen molar-refractivity contribution < 1.29 is 8.78 Å². The van der Waals surface area contributed by atoms with Gasteiger partial charge in [0.1, 0.15) is 11.6 Å². The van der Waals surface area contributed by atoms with Crippen molar-refractivity contribution in [3.8, 4) is 0 Å². The summed E-state index contributed by atoms with van der Waals surface area (Å²) in [6, 6.07) is 2.41. The van der Waals surface area contributed by atoms with E-state index in [1.165, 1.54) is 23.5 Å². The van der Waals surface area contributed by atoms with Gasteiger partial charge in [-0.05, 0) is 31.5 Å². The van der Waals surface area contributed by atoms with Crippen molar-refractivity contribution in [3.05, 3.63) is 51.5 Å². The zero-order valence-corrected chi connectivity index (χ0v) is 12.4. The molecule has 20 heavy (non-hydrogen) atoms. The quantitative estimate of drug-likeness (QED) is 0.871. The van der Waals surface area contributed by atoms with Crippen LogP contribution >= 0.6 is 11.3 Å². The first-order valence-electron chi connectivity index (χ1n) is 6.69. The van der Waals surface area contributed by atoms with Crippen LogP contribution in [0.3, 0.4) is 0 Å². The molecule has 0 aliphatic heterocycles. The van der Waals surface area contributed by atoms with Gasteiger partial charge in [0.15, 0.2) is 0 Å². The van der Waals surface area contributed by atoms with Crippen LogP contribution in [0, 0.1) is 18.6 Å². The molecular weight excluding hydrogens is 278 g/mol. The average molecular weight is 296 g/mol. The maximum absolute atomic E-state index is 14.3. The Labute approximate surface area is 121 Å². The van der Waals surface area contributed by atoms with Crippen LogP contribution in [0.4, 0.5) is 8.78 Å². The van der Waals surface area contributed by atoms with E-state index in [0.717, 1.165) is 11.4 Å². The standard InChI is InChI=1S/C15H18F2N2S/c1-3-6-18-12(9-13-19-7-8-20-13)14-11(16)5-4-10(2)15(14)17/h4-5,7-8,12,18H,3,6,9H2,1-2H3. The Morgan fingerprint density at radius 1 is 1.35 bits per heavy atom. The highest BCUT2D eigenvalue weighted by Gasteiger charge is 2.22. The topological polar surface area (TPSA) is 24.9 Å². The first kappa shape index (κ1) is 15.1. The van der Waals surface area contributed by atoms with Crippen LogP contribution in [-0.2, 0) is 6.42 Å². The van der Waals surface area contributed by atoms with E-state index in [0.29, 0.717) is 18.5 Å². The Bertz CT molecular complexity index is 555. The Hall–Kier alpha value is -1.33. The molecule has 0 radical (unpaired) electrons. The van der Waals surface area contributed by atoms with Gasteiger partial charge in [-0.25, -0.2) is 13.8 Å². The summed E-state index contributed by atoms with van der Waals surface area (Å²) in [7, 11) is 0. The van der Waals surface area contributed by atoms with Crippen molar-refractivity contribution in [1.82, 2.24) is 10.3 Å². The van der Waals surface area contributed by atoms with Gasteiger partial charge in [0.05, 0.1) is 5.01 Å². The minimum absolute atomic E-state index is 0.119. The number of hydrogen-bond acceptors (Lipinski definition) is 3. The number of nitrogens with one attached hydrogen (secondary N) is 1. The van der Waals surface area contributed by atoms with Gasteiger partial charge in [-0.3, -0.25) is 0 Å². The minimum Gasteiger partial charge on any atom is -0.309 e. The second kappa shape index (κ2) is 6.90. The molecule has 0 aliphatic rings. The lowest BCUT2D eigenvalue weighted by molar-refractivity contribution is 0.461. The number of halogens is 2. The fourth-order valence-corrected chi connectivity index (χ4v) is 2.78. The maximum Gasteiger partial charge on any atom is 0.133 e. The predicted molar refractivity (Wildman–Crippen MR) is 77.9 cm³/mol. The van der Waals surface area contributed by atoms with Crippen molar-refractivity contribution in [3.63, 3.8) is 0 Å². The lowest BCUT2D eigenvalue weighted by Crippen LogP contribution is -2.26. The lowest BCUT2D eigenvalue weighted by Gasteiger charge is -2.20. The molecule has 1 unspecified atom stereocenters. The second-order valence-electron chi connectivity index (χ2n) is 4.73. The number of aromatic nitrogens is 1. The second-order valence-corrected chi connectivity index (χ2v) is 5.71. The van der Waals surface area contributed by atoms with Crippen LogP contribution in [0.15, 0.2) is 23.7 Å². The van der Waals surface area contributed by atoms with Gasteiger partial charge in [0, 0.05) is 29.6 Å². The summed E-state index contributed by atoms with van der Waals surface area (Å²) in [5.74, 6) is -0.964. The molecule has 2 nitrogen and oxygen atoms in total. The molecule has 0 saturated carbocycles. The molecule has 1 aromatic carbocycles. The van der Waals surface area contributed by atoms with Crippen molar-refractivity contribution in [2.24, 2.45) is 0 Å². The van der Waals surface area contributed by atoms with Crippen LogP contribution in [0.1, 0.15) is 35.5 Å². The number of hydrogen-bond donors (Lipinski definition) is 1. The summed E-state index contributed by atoms with van der Waals surface area (Å²) in [6.45, 7) is 4.39. The Balaban J connectivity index is 2.33. The van der Waals surface area contributed by atoms with Gasteiger partial charge >= 0.3 is 0 Å². The summed E-state index contributed by atoms with van der Waals surface area (Å²) >= 11 is 1.50. The van der Waals surface area contributed by atoms with Gasteiger partial charge < -0.3 is 5.32 Å². The smallest absolute Gasteiger partial charge is 0.133 e. The first-order valence-corrected chi connectivity index (χ1v) is 7.57. The maximum atomic E-state index is 14.3. The third kappa shape index (κ3) is 3.41. The summed E-state index contributed by atoms with van der Waals surface area (Å²) in [6.07, 6.45) is 3.11. The first-order chi connectivity index (χ1) is 9.63. The largest absolute Gasteiger partial charge is 0.309 e. The summed E-state index contributed by atoms with van der Waals surface area (Å²) in [5.41, 5.74) is 0.581. The van der Waals surface area contributed by atoms with Gasteiger partial charge in [-0.1, -0.05) is 13.0 Å². The Kier molecular flexibility index (Phi) is 5.20. The number of thiazole rings is 1. The summed E-state index contributed by atoms with van der Waals surface area (Å²) < 4.78 is 28.3. The molecule has 0 bridgehead atoms. The van der Waals surface area contributed by atoms with E-state index < -0.39 is 11.6 Å². The zero-order chi connectivity index (χ0) is 14.5. The molecule has 0 amide bonds. The molecule has 1 N–H and O–H groups in total. The van der Waals surface area contributed by atoms with Gasteiger partial charge in [-0.15, -0.1) is 11.3 Å². The van der Waals surface area contributed by atoms with Crippen LogP contribution in [-0.4, -0.2) is 11.5 Å². The van der Waals surface area contributed by atoms with Crippen LogP contribution in [0.5, 0.6) is 0 Å². The lowest BCUT2D eigenvalue weighted by atomic mass is 10.00. The molecule has 0 spiro atoms. The fraction of sp³-hybridized carbons (Fsp3) is 0.400. The summed E-state index contributed by atoms with van der Waals surface area (Å²) in [4.78, 5) is 4.21. The Morgan fingerprint density at radius 2 is 2.15 bits per heavy atom. The van der Waals surface area contributed by atoms with E-state index in [-0.39, 0.29) is 11.6 Å². The number of rotatable bonds is 6. The number of aryl methyl sites for hydroxylation is 1. The van der Waals surface area contributed by atoms with Gasteiger partial charge in [0.2, 0.25) is 0 Å². The molecule has 0 aliphatic carbocycles. The molecule has 108 valence electrons. The van der Waals surface area contributed by atoms with E-state index in [9.17, 15) is 8.78 Å².